The normalized spacial score (nSPS) is 22.2. The first kappa shape index (κ1) is 18.3. The summed E-state index contributed by atoms with van der Waals surface area (Å²) >= 11 is 0. The molecule has 2 saturated heterocycles. The highest BCUT2D eigenvalue weighted by atomic mass is 16.6. The van der Waals surface area contributed by atoms with Crippen LogP contribution in [0.2, 0.25) is 0 Å². The van der Waals surface area contributed by atoms with Gasteiger partial charge in [-0.05, 0) is 40.8 Å². The molecule has 2 atom stereocenters. The van der Waals surface area contributed by atoms with Gasteiger partial charge in [0.15, 0.2) is 0 Å². The van der Waals surface area contributed by atoms with Crippen LogP contribution in [0.25, 0.3) is 0 Å². The van der Waals surface area contributed by atoms with Crippen LogP contribution in [0, 0.1) is 5.41 Å². The monoisotopic (exact) mass is 368 g/mol. The lowest BCUT2D eigenvalue weighted by Gasteiger charge is -2.32. The second kappa shape index (κ2) is 7.53. The van der Waals surface area contributed by atoms with Crippen LogP contribution in [0.15, 0.2) is 48.5 Å². The van der Waals surface area contributed by atoms with Crippen LogP contribution in [-0.4, -0.2) is 38.6 Å². The predicted molar refractivity (Wildman–Crippen MR) is 105 cm³/mol. The molecule has 2 fully saturated rings. The second-order valence-corrected chi connectivity index (χ2v) is 8.47. The summed E-state index contributed by atoms with van der Waals surface area (Å²) in [6.07, 6.45) is 0.554. The minimum Gasteiger partial charge on any atom is -0.491 e. The summed E-state index contributed by atoms with van der Waals surface area (Å²) < 4.78 is 21.9. The third-order valence-corrected chi connectivity index (χ3v) is 4.97. The fourth-order valence-corrected chi connectivity index (χ4v) is 3.41. The van der Waals surface area contributed by atoms with Crippen molar-refractivity contribution < 1.29 is 18.9 Å². The lowest BCUT2D eigenvalue weighted by Crippen LogP contribution is -2.19. The lowest BCUT2D eigenvalue weighted by atomic mass is 9.72. The molecule has 0 aromatic heterocycles. The number of hydrogen-bond acceptors (Lipinski definition) is 4. The van der Waals surface area contributed by atoms with Gasteiger partial charge in [0.25, 0.3) is 0 Å². The molecule has 0 radical (unpaired) electrons. The van der Waals surface area contributed by atoms with Gasteiger partial charge in [0.1, 0.15) is 36.9 Å². The highest BCUT2D eigenvalue weighted by Crippen LogP contribution is 2.41. The molecule has 144 valence electrons. The van der Waals surface area contributed by atoms with Crippen LogP contribution < -0.4 is 9.47 Å². The summed E-state index contributed by atoms with van der Waals surface area (Å²) in [7, 11) is 0. The van der Waals surface area contributed by atoms with Gasteiger partial charge >= 0.3 is 0 Å². The third kappa shape index (κ3) is 5.02. The van der Waals surface area contributed by atoms with Crippen molar-refractivity contribution in [3.05, 3.63) is 59.7 Å². The Bertz CT molecular complexity index is 678. The van der Waals surface area contributed by atoms with Gasteiger partial charge in [0, 0.05) is 5.92 Å². The number of rotatable bonds is 8. The van der Waals surface area contributed by atoms with Gasteiger partial charge in [-0.15, -0.1) is 0 Å². The zero-order chi connectivity index (χ0) is 18.9. The first-order chi connectivity index (χ1) is 13.0. The van der Waals surface area contributed by atoms with E-state index >= 15 is 0 Å². The lowest BCUT2D eigenvalue weighted by molar-refractivity contribution is 0.262. The smallest absolute Gasteiger partial charge is 0.119 e. The summed E-state index contributed by atoms with van der Waals surface area (Å²) in [4.78, 5) is 0. The minimum absolute atomic E-state index is 0.0917. The number of hydrogen-bond donors (Lipinski definition) is 0. The van der Waals surface area contributed by atoms with E-state index in [2.05, 4.69) is 69.3 Å². The quantitative estimate of drug-likeness (QED) is 0.647. The van der Waals surface area contributed by atoms with Gasteiger partial charge in [-0.1, -0.05) is 45.0 Å². The van der Waals surface area contributed by atoms with Crippen LogP contribution in [-0.2, 0) is 9.47 Å². The standard InChI is InChI=1S/C23H28O4/c1-23(2,3)22(16-4-8-18(9-5-16)24-12-20-14-26-20)17-6-10-19(11-7-17)25-13-21-15-27-21/h4-11,20-22H,12-15H2,1-3H3. The molecule has 0 N–H and O–H groups in total. The van der Waals surface area contributed by atoms with Crippen molar-refractivity contribution in [3.63, 3.8) is 0 Å². The molecule has 0 amide bonds. The Morgan fingerprint density at radius 3 is 1.44 bits per heavy atom. The number of ether oxygens (including phenoxy) is 4. The second-order valence-electron chi connectivity index (χ2n) is 8.47. The molecule has 2 aromatic carbocycles. The molecule has 4 rings (SSSR count). The average Bonchev–Trinajstić information content (AvgIpc) is 3.54. The van der Waals surface area contributed by atoms with Crippen molar-refractivity contribution in [1.82, 2.24) is 0 Å². The maximum absolute atomic E-state index is 5.77. The molecule has 0 aliphatic carbocycles. The summed E-state index contributed by atoms with van der Waals surface area (Å²) in [6.45, 7) is 9.74. The van der Waals surface area contributed by atoms with E-state index in [9.17, 15) is 0 Å². The summed E-state index contributed by atoms with van der Waals surface area (Å²) in [5, 5.41) is 0. The van der Waals surface area contributed by atoms with Gasteiger partial charge in [-0.25, -0.2) is 0 Å². The van der Waals surface area contributed by atoms with Crippen LogP contribution in [0.1, 0.15) is 37.8 Å². The largest absolute Gasteiger partial charge is 0.491 e. The molecule has 4 nitrogen and oxygen atoms in total. The van der Waals surface area contributed by atoms with Crippen LogP contribution in [0.5, 0.6) is 11.5 Å². The van der Waals surface area contributed by atoms with Crippen LogP contribution in [0.3, 0.4) is 0 Å². The van der Waals surface area contributed by atoms with Gasteiger partial charge in [-0.3, -0.25) is 0 Å². The Kier molecular flexibility index (Phi) is 5.11. The molecule has 2 unspecified atom stereocenters. The molecule has 27 heavy (non-hydrogen) atoms. The molecule has 2 aliphatic heterocycles. The molecule has 0 bridgehead atoms. The van der Waals surface area contributed by atoms with E-state index in [1.165, 1.54) is 11.1 Å². The third-order valence-electron chi connectivity index (χ3n) is 4.97. The van der Waals surface area contributed by atoms with E-state index in [1.807, 2.05) is 0 Å². The predicted octanol–water partition coefficient (Wildman–Crippen LogP) is 4.42. The van der Waals surface area contributed by atoms with Crippen LogP contribution in [0.4, 0.5) is 0 Å². The first-order valence-corrected chi connectivity index (χ1v) is 9.68. The minimum atomic E-state index is 0.0917. The van der Waals surface area contributed by atoms with E-state index in [-0.39, 0.29) is 17.6 Å². The van der Waals surface area contributed by atoms with Crippen molar-refractivity contribution in [2.24, 2.45) is 5.41 Å². The molecular weight excluding hydrogens is 340 g/mol. The fraction of sp³-hybridized carbons (Fsp3) is 0.478. The van der Waals surface area contributed by atoms with Crippen molar-refractivity contribution in [2.75, 3.05) is 26.4 Å². The van der Waals surface area contributed by atoms with Crippen molar-refractivity contribution >= 4 is 0 Å². The maximum atomic E-state index is 5.77. The van der Waals surface area contributed by atoms with E-state index in [0.29, 0.717) is 19.1 Å². The summed E-state index contributed by atoms with van der Waals surface area (Å²) in [6, 6.07) is 16.9. The van der Waals surface area contributed by atoms with E-state index in [1.54, 1.807) is 0 Å². The Morgan fingerprint density at radius 2 is 1.15 bits per heavy atom. The number of epoxide rings is 2. The molecule has 0 spiro atoms. The molecule has 2 heterocycles. The Hall–Kier alpha value is -2.04. The maximum Gasteiger partial charge on any atom is 0.119 e. The van der Waals surface area contributed by atoms with Crippen molar-refractivity contribution in [3.8, 4) is 11.5 Å². The van der Waals surface area contributed by atoms with Gasteiger partial charge in [0.05, 0.1) is 13.2 Å². The highest BCUT2D eigenvalue weighted by Gasteiger charge is 2.28. The van der Waals surface area contributed by atoms with E-state index in [0.717, 1.165) is 24.7 Å². The Labute approximate surface area is 161 Å². The molecule has 0 saturated carbocycles. The number of benzene rings is 2. The zero-order valence-corrected chi connectivity index (χ0v) is 16.3. The average molecular weight is 368 g/mol. The molecular formula is C23H28O4. The zero-order valence-electron chi connectivity index (χ0n) is 16.3. The molecule has 2 aromatic rings. The SMILES string of the molecule is CC(C)(C)C(c1ccc(OCC2CO2)cc1)c1ccc(OCC2CO2)cc1. The van der Waals surface area contributed by atoms with Crippen molar-refractivity contribution in [2.45, 2.75) is 38.9 Å². The summed E-state index contributed by atoms with van der Waals surface area (Å²) in [5.41, 5.74) is 2.67. The first-order valence-electron chi connectivity index (χ1n) is 9.68. The molecule has 4 heteroatoms. The van der Waals surface area contributed by atoms with Crippen LogP contribution >= 0.6 is 0 Å². The Balaban J connectivity index is 1.48. The van der Waals surface area contributed by atoms with Crippen molar-refractivity contribution in [1.29, 1.82) is 0 Å². The van der Waals surface area contributed by atoms with E-state index in [4.69, 9.17) is 18.9 Å². The highest BCUT2D eigenvalue weighted by molar-refractivity contribution is 5.39. The fourth-order valence-electron chi connectivity index (χ4n) is 3.41. The topological polar surface area (TPSA) is 43.5 Å². The summed E-state index contributed by atoms with van der Waals surface area (Å²) in [5.74, 6) is 2.08. The van der Waals surface area contributed by atoms with Gasteiger partial charge < -0.3 is 18.9 Å². The Morgan fingerprint density at radius 1 is 0.778 bits per heavy atom. The van der Waals surface area contributed by atoms with Gasteiger partial charge in [0.2, 0.25) is 0 Å². The molecule has 2 aliphatic rings. The van der Waals surface area contributed by atoms with E-state index < -0.39 is 0 Å². The van der Waals surface area contributed by atoms with Gasteiger partial charge in [-0.2, -0.15) is 0 Å².